The number of methoxy groups -OCH3 is 1. The molecule has 1 aliphatic rings. The summed E-state index contributed by atoms with van der Waals surface area (Å²) >= 11 is 6.38. The van der Waals surface area contributed by atoms with Crippen molar-refractivity contribution in [3.05, 3.63) is 24.0 Å². The fourth-order valence-electron chi connectivity index (χ4n) is 3.23. The van der Waals surface area contributed by atoms with Crippen molar-refractivity contribution in [2.45, 2.75) is 31.2 Å². The molecule has 5 heteroatoms. The molecule has 0 amide bonds. The number of likely N-dealkylation sites (N-methyl/N-ethyl adjacent to an activating group) is 1. The zero-order valence-electron chi connectivity index (χ0n) is 12.8. The zero-order chi connectivity index (χ0) is 15.0. The number of fused-ring (bicyclic) bond motifs is 1. The lowest BCUT2D eigenvalue weighted by Crippen LogP contribution is -2.34. The number of likely N-dealkylation sites (tertiary alicyclic amines) is 1. The van der Waals surface area contributed by atoms with E-state index in [1.807, 2.05) is 19.1 Å². The number of rotatable bonds is 3. The van der Waals surface area contributed by atoms with Gasteiger partial charge in [0.1, 0.15) is 11.6 Å². The van der Waals surface area contributed by atoms with Gasteiger partial charge in [-0.25, -0.2) is 4.98 Å². The van der Waals surface area contributed by atoms with Crippen LogP contribution >= 0.6 is 11.6 Å². The van der Waals surface area contributed by atoms with E-state index in [4.69, 9.17) is 21.3 Å². The molecule has 0 saturated carbocycles. The van der Waals surface area contributed by atoms with E-state index in [1.54, 1.807) is 7.11 Å². The van der Waals surface area contributed by atoms with E-state index in [0.29, 0.717) is 6.04 Å². The average molecular weight is 308 g/mol. The SMILES string of the molecule is COc1ccc2nc(C(C)Cl)n(C3CCCN(C)C3)c2c1. The second-order valence-electron chi connectivity index (χ2n) is 5.87. The minimum atomic E-state index is -0.101. The van der Waals surface area contributed by atoms with Crippen molar-refractivity contribution in [1.82, 2.24) is 14.5 Å². The lowest BCUT2D eigenvalue weighted by atomic mass is 10.1. The highest BCUT2D eigenvalue weighted by Crippen LogP contribution is 2.33. The standard InChI is InChI=1S/C16H22ClN3O/c1-11(17)16-18-14-7-6-13(21-3)9-15(14)20(16)12-5-4-8-19(2)10-12/h6-7,9,11-12H,4-5,8,10H2,1-3H3. The third kappa shape index (κ3) is 2.74. The predicted molar refractivity (Wildman–Crippen MR) is 86.3 cm³/mol. The Morgan fingerprint density at radius 1 is 1.43 bits per heavy atom. The van der Waals surface area contributed by atoms with E-state index < -0.39 is 0 Å². The maximum atomic E-state index is 6.38. The summed E-state index contributed by atoms with van der Waals surface area (Å²) in [5, 5.41) is -0.101. The third-order valence-corrected chi connectivity index (χ3v) is 4.44. The zero-order valence-corrected chi connectivity index (χ0v) is 13.6. The molecule has 0 radical (unpaired) electrons. The number of piperidine rings is 1. The number of aromatic nitrogens is 2. The third-order valence-electron chi connectivity index (χ3n) is 4.24. The molecule has 4 nitrogen and oxygen atoms in total. The van der Waals surface area contributed by atoms with Gasteiger partial charge in [0.15, 0.2) is 0 Å². The second kappa shape index (κ2) is 5.85. The largest absolute Gasteiger partial charge is 0.497 e. The van der Waals surface area contributed by atoms with Crippen molar-refractivity contribution < 1.29 is 4.74 Å². The molecule has 0 aliphatic carbocycles. The summed E-state index contributed by atoms with van der Waals surface area (Å²) in [6.07, 6.45) is 2.38. The lowest BCUT2D eigenvalue weighted by molar-refractivity contribution is 0.212. The molecule has 2 atom stereocenters. The predicted octanol–water partition coefficient (Wildman–Crippen LogP) is 3.61. The van der Waals surface area contributed by atoms with E-state index in [0.717, 1.165) is 35.7 Å². The highest BCUT2D eigenvalue weighted by atomic mass is 35.5. The minimum Gasteiger partial charge on any atom is -0.497 e. The molecule has 1 fully saturated rings. The van der Waals surface area contributed by atoms with Crippen LogP contribution in [-0.2, 0) is 0 Å². The smallest absolute Gasteiger partial charge is 0.128 e. The van der Waals surface area contributed by atoms with Gasteiger partial charge in [-0.3, -0.25) is 0 Å². The van der Waals surface area contributed by atoms with Crippen molar-refractivity contribution in [2.75, 3.05) is 27.2 Å². The van der Waals surface area contributed by atoms with Crippen molar-refractivity contribution in [2.24, 2.45) is 0 Å². The number of hydrogen-bond acceptors (Lipinski definition) is 3. The monoisotopic (exact) mass is 307 g/mol. The van der Waals surface area contributed by atoms with E-state index in [9.17, 15) is 0 Å². The number of ether oxygens (including phenoxy) is 1. The molecule has 114 valence electrons. The molecule has 21 heavy (non-hydrogen) atoms. The maximum absolute atomic E-state index is 6.38. The summed E-state index contributed by atoms with van der Waals surface area (Å²) < 4.78 is 7.70. The van der Waals surface area contributed by atoms with Crippen LogP contribution in [0, 0.1) is 0 Å². The van der Waals surface area contributed by atoms with Crippen LogP contribution in [0.1, 0.15) is 37.0 Å². The molecule has 1 aliphatic heterocycles. The van der Waals surface area contributed by atoms with Crippen molar-refractivity contribution >= 4 is 22.6 Å². The van der Waals surface area contributed by atoms with E-state index in [2.05, 4.69) is 22.6 Å². The Morgan fingerprint density at radius 2 is 2.24 bits per heavy atom. The maximum Gasteiger partial charge on any atom is 0.128 e. The Morgan fingerprint density at radius 3 is 2.90 bits per heavy atom. The normalized spacial score (nSPS) is 21.6. The topological polar surface area (TPSA) is 30.3 Å². The first-order valence-electron chi connectivity index (χ1n) is 7.48. The molecule has 0 spiro atoms. The highest BCUT2D eigenvalue weighted by molar-refractivity contribution is 6.20. The van der Waals surface area contributed by atoms with E-state index in [1.165, 1.54) is 12.8 Å². The first-order valence-corrected chi connectivity index (χ1v) is 7.92. The summed E-state index contributed by atoms with van der Waals surface area (Å²) in [6.45, 7) is 4.19. The Hall–Kier alpha value is -1.26. The van der Waals surface area contributed by atoms with Crippen LogP contribution < -0.4 is 4.74 Å². The summed E-state index contributed by atoms with van der Waals surface area (Å²) in [6, 6.07) is 6.46. The number of nitrogens with zero attached hydrogens (tertiary/aromatic N) is 3. The Bertz CT molecular complexity index is 638. The fraction of sp³-hybridized carbons (Fsp3) is 0.562. The van der Waals surface area contributed by atoms with Gasteiger partial charge in [0.25, 0.3) is 0 Å². The van der Waals surface area contributed by atoms with Gasteiger partial charge >= 0.3 is 0 Å². The van der Waals surface area contributed by atoms with Gasteiger partial charge in [0, 0.05) is 18.7 Å². The molecule has 3 rings (SSSR count). The van der Waals surface area contributed by atoms with Crippen LogP contribution in [0.15, 0.2) is 18.2 Å². The van der Waals surface area contributed by atoms with Gasteiger partial charge in [-0.05, 0) is 45.5 Å². The van der Waals surface area contributed by atoms with Crippen LogP contribution in [-0.4, -0.2) is 41.7 Å². The van der Waals surface area contributed by atoms with E-state index in [-0.39, 0.29) is 5.38 Å². The van der Waals surface area contributed by atoms with Crippen molar-refractivity contribution in [3.8, 4) is 5.75 Å². The quantitative estimate of drug-likeness (QED) is 0.812. The first-order chi connectivity index (χ1) is 10.1. The van der Waals surface area contributed by atoms with Crippen LogP contribution in [0.3, 0.4) is 0 Å². The molecular weight excluding hydrogens is 286 g/mol. The van der Waals surface area contributed by atoms with Crippen LogP contribution in [0.2, 0.25) is 0 Å². The number of benzene rings is 1. The minimum absolute atomic E-state index is 0.101. The summed E-state index contributed by atoms with van der Waals surface area (Å²) in [5.41, 5.74) is 2.11. The molecule has 1 aromatic carbocycles. The Balaban J connectivity index is 2.14. The Kier molecular flexibility index (Phi) is 4.09. The van der Waals surface area contributed by atoms with Crippen LogP contribution in [0.25, 0.3) is 11.0 Å². The Labute approximate surface area is 130 Å². The molecule has 1 saturated heterocycles. The van der Waals surface area contributed by atoms with Crippen LogP contribution in [0.5, 0.6) is 5.75 Å². The summed E-state index contributed by atoms with van der Waals surface area (Å²) in [5.74, 6) is 1.82. The highest BCUT2D eigenvalue weighted by Gasteiger charge is 2.25. The molecule has 2 unspecified atom stereocenters. The summed E-state index contributed by atoms with van der Waals surface area (Å²) in [4.78, 5) is 7.12. The van der Waals surface area contributed by atoms with Crippen LogP contribution in [0.4, 0.5) is 0 Å². The van der Waals surface area contributed by atoms with Gasteiger partial charge in [-0.15, -0.1) is 11.6 Å². The first kappa shape index (κ1) is 14.7. The number of alkyl halides is 1. The van der Waals surface area contributed by atoms with Crippen molar-refractivity contribution in [1.29, 1.82) is 0 Å². The van der Waals surface area contributed by atoms with Gasteiger partial charge < -0.3 is 14.2 Å². The number of imidazole rings is 1. The van der Waals surface area contributed by atoms with Gasteiger partial charge in [-0.2, -0.15) is 0 Å². The van der Waals surface area contributed by atoms with Gasteiger partial charge in [0.2, 0.25) is 0 Å². The number of hydrogen-bond donors (Lipinski definition) is 0. The summed E-state index contributed by atoms with van der Waals surface area (Å²) in [7, 11) is 3.87. The molecule has 0 N–H and O–H groups in total. The van der Waals surface area contributed by atoms with E-state index >= 15 is 0 Å². The second-order valence-corrected chi connectivity index (χ2v) is 6.52. The molecule has 2 heterocycles. The van der Waals surface area contributed by atoms with Crippen molar-refractivity contribution in [3.63, 3.8) is 0 Å². The lowest BCUT2D eigenvalue weighted by Gasteiger charge is -2.32. The number of halogens is 1. The fourth-order valence-corrected chi connectivity index (χ4v) is 3.39. The molecule has 0 bridgehead atoms. The molecule has 2 aromatic rings. The molecule has 1 aromatic heterocycles. The van der Waals surface area contributed by atoms with Gasteiger partial charge in [0.05, 0.1) is 23.5 Å². The molecular formula is C16H22ClN3O. The average Bonchev–Trinajstić information content (AvgIpc) is 2.85. The van der Waals surface area contributed by atoms with Gasteiger partial charge in [-0.1, -0.05) is 0 Å².